The molecule has 1 saturated carbocycles. The average molecular weight is 254 g/mol. The minimum Gasteiger partial charge on any atom is -0.380 e. The molecule has 1 aromatic rings. The summed E-state index contributed by atoms with van der Waals surface area (Å²) in [5, 5.41) is 0.791. The molecule has 94 valence electrons. The van der Waals surface area contributed by atoms with Crippen LogP contribution in [0.25, 0.3) is 0 Å². The molecule has 2 nitrogen and oxygen atoms in total. The molecule has 0 aliphatic heterocycles. The van der Waals surface area contributed by atoms with Gasteiger partial charge in [0.2, 0.25) is 0 Å². The van der Waals surface area contributed by atoms with Crippen molar-refractivity contribution < 1.29 is 4.74 Å². The van der Waals surface area contributed by atoms with Crippen molar-refractivity contribution in [1.29, 1.82) is 0 Å². The predicted molar refractivity (Wildman–Crippen MR) is 71.4 cm³/mol. The van der Waals surface area contributed by atoms with Crippen LogP contribution in [0.4, 0.5) is 0 Å². The Morgan fingerprint density at radius 1 is 1.35 bits per heavy atom. The number of halogens is 1. The van der Waals surface area contributed by atoms with E-state index in [9.17, 15) is 0 Å². The Morgan fingerprint density at radius 2 is 2.06 bits per heavy atom. The molecule has 0 heterocycles. The van der Waals surface area contributed by atoms with Crippen LogP contribution in [0.2, 0.25) is 5.02 Å². The highest BCUT2D eigenvalue weighted by atomic mass is 35.5. The lowest BCUT2D eigenvalue weighted by Gasteiger charge is -2.30. The topological polar surface area (TPSA) is 35.2 Å². The zero-order valence-corrected chi connectivity index (χ0v) is 11.1. The van der Waals surface area contributed by atoms with E-state index in [2.05, 4.69) is 12.1 Å². The average Bonchev–Trinajstić information content (AvgIpc) is 2.81. The van der Waals surface area contributed by atoms with E-state index >= 15 is 0 Å². The molecule has 0 amide bonds. The zero-order valence-electron chi connectivity index (χ0n) is 10.3. The Labute approximate surface area is 108 Å². The van der Waals surface area contributed by atoms with Crippen molar-refractivity contribution in [1.82, 2.24) is 0 Å². The predicted octanol–water partition coefficient (Wildman–Crippen LogP) is 3.26. The highest BCUT2D eigenvalue weighted by molar-refractivity contribution is 6.30. The van der Waals surface area contributed by atoms with E-state index in [1.54, 1.807) is 7.11 Å². The molecule has 0 saturated heterocycles. The Morgan fingerprint density at radius 3 is 2.65 bits per heavy atom. The molecular formula is C14H20ClNO. The maximum atomic E-state index is 6.13. The zero-order chi connectivity index (χ0) is 12.3. The summed E-state index contributed by atoms with van der Waals surface area (Å²) >= 11 is 6.13. The molecule has 1 aliphatic carbocycles. The summed E-state index contributed by atoms with van der Waals surface area (Å²) in [4.78, 5) is 0. The summed E-state index contributed by atoms with van der Waals surface area (Å²) in [5.41, 5.74) is 8.68. The summed E-state index contributed by atoms with van der Waals surface area (Å²) in [7, 11) is 1.72. The van der Waals surface area contributed by atoms with Crippen molar-refractivity contribution in [3.05, 3.63) is 34.3 Å². The molecule has 17 heavy (non-hydrogen) atoms. The van der Waals surface area contributed by atoms with Gasteiger partial charge in [-0.25, -0.2) is 0 Å². The lowest BCUT2D eigenvalue weighted by molar-refractivity contribution is 0.182. The third-order valence-corrected chi connectivity index (χ3v) is 4.13. The minimum atomic E-state index is 0.124. The van der Waals surface area contributed by atoms with Gasteiger partial charge >= 0.3 is 0 Å². The van der Waals surface area contributed by atoms with Gasteiger partial charge < -0.3 is 10.5 Å². The monoisotopic (exact) mass is 253 g/mol. The van der Waals surface area contributed by atoms with Crippen molar-refractivity contribution in [2.45, 2.75) is 37.7 Å². The number of rotatable bonds is 4. The third kappa shape index (κ3) is 2.49. The lowest BCUT2D eigenvalue weighted by atomic mass is 9.77. The van der Waals surface area contributed by atoms with Crippen molar-refractivity contribution in [2.75, 3.05) is 13.7 Å². The molecular weight excluding hydrogens is 234 g/mol. The Hall–Kier alpha value is -0.570. The van der Waals surface area contributed by atoms with E-state index in [-0.39, 0.29) is 5.41 Å². The lowest BCUT2D eigenvalue weighted by Crippen LogP contribution is -2.33. The van der Waals surface area contributed by atoms with E-state index in [1.807, 2.05) is 6.07 Å². The molecule has 0 aromatic heterocycles. The van der Waals surface area contributed by atoms with Gasteiger partial charge in [0.15, 0.2) is 0 Å². The fourth-order valence-corrected chi connectivity index (χ4v) is 3.13. The number of hydrogen-bond acceptors (Lipinski definition) is 2. The first-order chi connectivity index (χ1) is 8.22. The van der Waals surface area contributed by atoms with Gasteiger partial charge in [-0.05, 0) is 36.1 Å². The molecule has 1 aromatic carbocycles. The quantitative estimate of drug-likeness (QED) is 0.894. The van der Waals surface area contributed by atoms with E-state index in [4.69, 9.17) is 22.1 Å². The summed E-state index contributed by atoms with van der Waals surface area (Å²) < 4.78 is 5.27. The van der Waals surface area contributed by atoms with Crippen molar-refractivity contribution in [3.8, 4) is 0 Å². The molecule has 0 spiro atoms. The number of nitrogens with two attached hydrogens (primary N) is 1. The maximum Gasteiger partial charge on any atom is 0.0715 e. The Kier molecular flexibility index (Phi) is 4.08. The van der Waals surface area contributed by atoms with Crippen molar-refractivity contribution >= 4 is 11.6 Å². The van der Waals surface area contributed by atoms with Crippen LogP contribution in [0.5, 0.6) is 0 Å². The van der Waals surface area contributed by atoms with Gasteiger partial charge in [0.05, 0.1) is 6.61 Å². The van der Waals surface area contributed by atoms with Crippen LogP contribution in [0, 0.1) is 0 Å². The maximum absolute atomic E-state index is 6.13. The third-order valence-electron chi connectivity index (χ3n) is 3.89. The highest BCUT2D eigenvalue weighted by Gasteiger charge is 2.35. The summed E-state index contributed by atoms with van der Waals surface area (Å²) in [6.07, 6.45) is 4.85. The summed E-state index contributed by atoms with van der Waals surface area (Å²) in [6.45, 7) is 1.33. The van der Waals surface area contributed by atoms with E-state index in [1.165, 1.54) is 36.8 Å². The fourth-order valence-electron chi connectivity index (χ4n) is 2.96. The van der Waals surface area contributed by atoms with Crippen LogP contribution in [0.15, 0.2) is 18.2 Å². The van der Waals surface area contributed by atoms with Crippen LogP contribution in [-0.2, 0) is 16.8 Å². The first-order valence-corrected chi connectivity index (χ1v) is 6.57. The summed E-state index contributed by atoms with van der Waals surface area (Å²) in [6, 6.07) is 6.07. The number of benzene rings is 1. The van der Waals surface area contributed by atoms with Crippen LogP contribution in [0.1, 0.15) is 36.8 Å². The van der Waals surface area contributed by atoms with Crippen LogP contribution in [-0.4, -0.2) is 13.7 Å². The van der Waals surface area contributed by atoms with Gasteiger partial charge in [-0.1, -0.05) is 30.5 Å². The fraction of sp³-hybridized carbons (Fsp3) is 0.571. The van der Waals surface area contributed by atoms with E-state index in [0.29, 0.717) is 13.2 Å². The first-order valence-electron chi connectivity index (χ1n) is 6.20. The van der Waals surface area contributed by atoms with E-state index in [0.717, 1.165) is 5.02 Å². The van der Waals surface area contributed by atoms with Crippen LogP contribution < -0.4 is 5.73 Å². The van der Waals surface area contributed by atoms with Gasteiger partial charge in [0, 0.05) is 24.1 Å². The Balaban J connectivity index is 2.43. The Bertz CT molecular complexity index is 386. The second-order valence-corrected chi connectivity index (χ2v) is 5.36. The van der Waals surface area contributed by atoms with Crippen molar-refractivity contribution in [2.24, 2.45) is 5.73 Å². The molecule has 0 unspecified atom stereocenters. The van der Waals surface area contributed by atoms with Gasteiger partial charge in [-0.3, -0.25) is 0 Å². The second kappa shape index (κ2) is 5.38. The molecule has 1 aliphatic rings. The van der Waals surface area contributed by atoms with Gasteiger partial charge in [0.25, 0.3) is 0 Å². The molecule has 0 radical (unpaired) electrons. The molecule has 0 bridgehead atoms. The molecule has 0 atom stereocenters. The first kappa shape index (κ1) is 12.9. The smallest absolute Gasteiger partial charge is 0.0715 e. The normalized spacial score (nSPS) is 18.5. The number of hydrogen-bond donors (Lipinski definition) is 1. The summed E-state index contributed by atoms with van der Waals surface area (Å²) in [5.74, 6) is 0. The standard InChI is InChI=1S/C14H20ClNO/c1-17-9-11-4-5-12(15)8-13(11)14(10-16)6-2-3-7-14/h4-5,8H,2-3,6-7,9-10,16H2,1H3. The van der Waals surface area contributed by atoms with Crippen molar-refractivity contribution in [3.63, 3.8) is 0 Å². The largest absolute Gasteiger partial charge is 0.380 e. The van der Waals surface area contributed by atoms with E-state index < -0.39 is 0 Å². The van der Waals surface area contributed by atoms with Crippen LogP contribution in [0.3, 0.4) is 0 Å². The molecule has 2 N–H and O–H groups in total. The molecule has 2 rings (SSSR count). The highest BCUT2D eigenvalue weighted by Crippen LogP contribution is 2.42. The second-order valence-electron chi connectivity index (χ2n) is 4.93. The van der Waals surface area contributed by atoms with Gasteiger partial charge in [0.1, 0.15) is 0 Å². The minimum absolute atomic E-state index is 0.124. The number of ether oxygens (including phenoxy) is 1. The number of methoxy groups -OCH3 is 1. The van der Waals surface area contributed by atoms with Crippen LogP contribution >= 0.6 is 11.6 Å². The van der Waals surface area contributed by atoms with Gasteiger partial charge in [-0.15, -0.1) is 0 Å². The van der Waals surface area contributed by atoms with Gasteiger partial charge in [-0.2, -0.15) is 0 Å². The molecule has 3 heteroatoms. The SMILES string of the molecule is COCc1ccc(Cl)cc1C1(CN)CCCC1. The molecule has 1 fully saturated rings.